The van der Waals surface area contributed by atoms with E-state index in [-0.39, 0.29) is 0 Å². The number of halogens is 1. The van der Waals surface area contributed by atoms with Crippen LogP contribution in [0.3, 0.4) is 0 Å². The number of alkyl halides is 1. The summed E-state index contributed by atoms with van der Waals surface area (Å²) >= 11 is 6.15. The molecule has 17 heavy (non-hydrogen) atoms. The van der Waals surface area contributed by atoms with E-state index in [4.69, 9.17) is 11.6 Å². The van der Waals surface area contributed by atoms with E-state index < -0.39 is 0 Å². The smallest absolute Gasteiger partial charge is 0.140 e. The van der Waals surface area contributed by atoms with Crippen molar-refractivity contribution in [3.63, 3.8) is 0 Å². The summed E-state index contributed by atoms with van der Waals surface area (Å²) in [6.45, 7) is 8.26. The third kappa shape index (κ3) is 3.19. The third-order valence-electron chi connectivity index (χ3n) is 3.64. The monoisotopic (exact) mass is 256 g/mol. The Morgan fingerprint density at radius 2 is 2.18 bits per heavy atom. The molecule has 0 spiro atoms. The minimum Gasteiger partial charge on any atom is -0.296 e. The van der Waals surface area contributed by atoms with E-state index >= 15 is 0 Å². The van der Waals surface area contributed by atoms with Gasteiger partial charge in [-0.15, -0.1) is 11.6 Å². The minimum atomic E-state index is 0.302. The van der Waals surface area contributed by atoms with E-state index in [0.717, 1.165) is 32.0 Å². The van der Waals surface area contributed by atoms with Gasteiger partial charge in [0.1, 0.15) is 12.2 Å². The third-order valence-corrected chi connectivity index (χ3v) is 4.00. The van der Waals surface area contributed by atoms with Crippen molar-refractivity contribution in [1.29, 1.82) is 0 Å². The van der Waals surface area contributed by atoms with E-state index in [0.29, 0.717) is 11.3 Å². The van der Waals surface area contributed by atoms with Crippen LogP contribution in [0.2, 0.25) is 0 Å². The van der Waals surface area contributed by atoms with Gasteiger partial charge < -0.3 is 0 Å². The molecule has 1 atom stereocenters. The molecule has 1 fully saturated rings. The van der Waals surface area contributed by atoms with Crippen LogP contribution in [0.5, 0.6) is 0 Å². The molecule has 2 heterocycles. The molecule has 1 unspecified atom stereocenters. The number of likely N-dealkylation sites (tertiary alicyclic amines) is 1. The van der Waals surface area contributed by atoms with Crippen LogP contribution in [0.15, 0.2) is 6.33 Å². The van der Waals surface area contributed by atoms with Gasteiger partial charge in [-0.25, -0.2) is 9.67 Å². The van der Waals surface area contributed by atoms with Crippen molar-refractivity contribution >= 4 is 11.6 Å². The van der Waals surface area contributed by atoms with Gasteiger partial charge in [-0.2, -0.15) is 5.10 Å². The molecule has 1 saturated heterocycles. The Balaban J connectivity index is 1.86. The summed E-state index contributed by atoms with van der Waals surface area (Å²) in [5.41, 5.74) is 0. The van der Waals surface area contributed by atoms with Gasteiger partial charge in [-0.05, 0) is 45.7 Å². The second-order valence-electron chi connectivity index (χ2n) is 4.78. The average Bonchev–Trinajstić information content (AvgIpc) is 2.77. The van der Waals surface area contributed by atoms with Crippen molar-refractivity contribution in [2.75, 3.05) is 13.1 Å². The summed E-state index contributed by atoms with van der Waals surface area (Å²) in [7, 11) is 0. The molecule has 4 nitrogen and oxygen atoms in total. The van der Waals surface area contributed by atoms with E-state index in [9.17, 15) is 0 Å². The van der Waals surface area contributed by atoms with Gasteiger partial charge in [0.25, 0.3) is 0 Å². The van der Waals surface area contributed by atoms with Crippen LogP contribution in [0, 0.1) is 5.92 Å². The Bertz CT molecular complexity index is 342. The molecule has 5 heteroatoms. The van der Waals surface area contributed by atoms with Crippen LogP contribution in [0.4, 0.5) is 0 Å². The molecule has 1 aliphatic rings. The van der Waals surface area contributed by atoms with Gasteiger partial charge in [-0.3, -0.25) is 4.90 Å². The summed E-state index contributed by atoms with van der Waals surface area (Å²) in [5, 5.41) is 4.50. The Labute approximate surface area is 108 Å². The number of hydrogen-bond donors (Lipinski definition) is 0. The molecule has 1 aromatic rings. The van der Waals surface area contributed by atoms with E-state index in [2.05, 4.69) is 28.8 Å². The zero-order valence-corrected chi connectivity index (χ0v) is 11.4. The summed E-state index contributed by atoms with van der Waals surface area (Å²) in [6, 6.07) is 0. The molecular formula is C12H21ClN4. The fourth-order valence-electron chi connectivity index (χ4n) is 2.45. The lowest BCUT2D eigenvalue weighted by molar-refractivity contribution is 0.170. The van der Waals surface area contributed by atoms with Crippen molar-refractivity contribution in [2.24, 2.45) is 5.92 Å². The first-order valence-corrected chi connectivity index (χ1v) is 6.87. The van der Waals surface area contributed by atoms with Gasteiger partial charge in [0, 0.05) is 11.9 Å². The van der Waals surface area contributed by atoms with Gasteiger partial charge in [-0.1, -0.05) is 0 Å². The van der Waals surface area contributed by atoms with Crippen molar-refractivity contribution in [1.82, 2.24) is 19.7 Å². The minimum absolute atomic E-state index is 0.302. The second kappa shape index (κ2) is 5.83. The van der Waals surface area contributed by atoms with Crippen LogP contribution in [0.1, 0.15) is 32.5 Å². The van der Waals surface area contributed by atoms with Crippen LogP contribution >= 0.6 is 11.6 Å². The molecule has 0 amide bonds. The summed E-state index contributed by atoms with van der Waals surface area (Å²) in [5.74, 6) is 1.75. The van der Waals surface area contributed by atoms with Gasteiger partial charge in [0.2, 0.25) is 0 Å². The molecule has 0 aliphatic carbocycles. The highest BCUT2D eigenvalue weighted by Gasteiger charge is 2.23. The topological polar surface area (TPSA) is 34.0 Å². The molecule has 0 bridgehead atoms. The van der Waals surface area contributed by atoms with Crippen LogP contribution < -0.4 is 0 Å². The second-order valence-corrected chi connectivity index (χ2v) is 5.47. The Hall–Kier alpha value is -0.610. The molecule has 0 aromatic carbocycles. The Morgan fingerprint density at radius 3 is 2.76 bits per heavy atom. The maximum Gasteiger partial charge on any atom is 0.140 e. The normalized spacial score (nSPS) is 20.6. The Morgan fingerprint density at radius 1 is 1.47 bits per heavy atom. The zero-order valence-electron chi connectivity index (χ0n) is 10.6. The van der Waals surface area contributed by atoms with Crippen molar-refractivity contribution in [2.45, 2.75) is 45.2 Å². The molecule has 0 saturated carbocycles. The maximum absolute atomic E-state index is 6.15. The molecular weight excluding hydrogens is 236 g/mol. The SMILES string of the molecule is CCn1ncnc1CN1CCC(C(C)Cl)CC1. The molecule has 0 radical (unpaired) electrons. The summed E-state index contributed by atoms with van der Waals surface area (Å²) < 4.78 is 1.97. The van der Waals surface area contributed by atoms with Gasteiger partial charge in [0.05, 0.1) is 6.54 Å². The average molecular weight is 257 g/mol. The first-order valence-electron chi connectivity index (χ1n) is 6.43. The van der Waals surface area contributed by atoms with Crippen molar-refractivity contribution < 1.29 is 0 Å². The fourth-order valence-corrected chi connectivity index (χ4v) is 2.70. The molecule has 2 rings (SSSR count). The standard InChI is InChI=1S/C12H21ClN4/c1-3-17-12(14-9-15-17)8-16-6-4-11(5-7-16)10(2)13/h9-11H,3-8H2,1-2H3. The predicted octanol–water partition coefficient (Wildman–Crippen LogP) is 2.14. The van der Waals surface area contributed by atoms with E-state index in [1.807, 2.05) is 4.68 Å². The number of rotatable bonds is 4. The summed E-state index contributed by atoms with van der Waals surface area (Å²) in [4.78, 5) is 6.77. The highest BCUT2D eigenvalue weighted by molar-refractivity contribution is 6.20. The number of aryl methyl sites for hydroxylation is 1. The Kier molecular flexibility index (Phi) is 4.40. The first kappa shape index (κ1) is 12.8. The number of hydrogen-bond acceptors (Lipinski definition) is 3. The van der Waals surface area contributed by atoms with Crippen molar-refractivity contribution in [3.8, 4) is 0 Å². The zero-order chi connectivity index (χ0) is 12.3. The number of nitrogens with zero attached hydrogens (tertiary/aromatic N) is 4. The van der Waals surface area contributed by atoms with Crippen LogP contribution in [-0.4, -0.2) is 38.1 Å². The van der Waals surface area contributed by atoms with Gasteiger partial charge >= 0.3 is 0 Å². The molecule has 1 aromatic heterocycles. The van der Waals surface area contributed by atoms with E-state index in [1.54, 1.807) is 6.33 Å². The van der Waals surface area contributed by atoms with Crippen LogP contribution in [-0.2, 0) is 13.1 Å². The molecule has 1 aliphatic heterocycles. The lowest BCUT2D eigenvalue weighted by Gasteiger charge is -2.32. The lowest BCUT2D eigenvalue weighted by Crippen LogP contribution is -2.36. The predicted molar refractivity (Wildman–Crippen MR) is 69.0 cm³/mol. The fraction of sp³-hybridized carbons (Fsp3) is 0.833. The van der Waals surface area contributed by atoms with Crippen LogP contribution in [0.25, 0.3) is 0 Å². The largest absolute Gasteiger partial charge is 0.296 e. The van der Waals surface area contributed by atoms with E-state index in [1.165, 1.54) is 12.8 Å². The van der Waals surface area contributed by atoms with Gasteiger partial charge in [0.15, 0.2) is 0 Å². The number of piperidine rings is 1. The summed E-state index contributed by atoms with van der Waals surface area (Å²) in [6.07, 6.45) is 4.04. The lowest BCUT2D eigenvalue weighted by atomic mass is 9.94. The first-order chi connectivity index (χ1) is 8.20. The quantitative estimate of drug-likeness (QED) is 0.774. The molecule has 0 N–H and O–H groups in total. The number of aromatic nitrogens is 3. The van der Waals surface area contributed by atoms with Crippen molar-refractivity contribution in [3.05, 3.63) is 12.2 Å². The maximum atomic E-state index is 6.15. The highest BCUT2D eigenvalue weighted by atomic mass is 35.5. The highest BCUT2D eigenvalue weighted by Crippen LogP contribution is 2.24. The molecule has 96 valence electrons.